The SMILES string of the molecule is CCOC(=O)CCCC[C@@H](O)/C=C/[C@@H]1[C@H](CCC(=O)OCC)C(=O)C[C@H]1O[Si](C)(C)C(C)(C)C. The second-order valence-electron chi connectivity index (χ2n) is 10.6. The summed E-state index contributed by atoms with van der Waals surface area (Å²) in [5.41, 5.74) is 0. The van der Waals surface area contributed by atoms with E-state index in [0.29, 0.717) is 51.7 Å². The van der Waals surface area contributed by atoms with Crippen molar-refractivity contribution in [2.24, 2.45) is 11.8 Å². The second-order valence-corrected chi connectivity index (χ2v) is 15.4. The van der Waals surface area contributed by atoms with E-state index in [1.54, 1.807) is 19.9 Å². The lowest BCUT2D eigenvalue weighted by molar-refractivity contribution is -0.144. The van der Waals surface area contributed by atoms with Crippen LogP contribution in [0.5, 0.6) is 0 Å². The summed E-state index contributed by atoms with van der Waals surface area (Å²) in [5.74, 6) is -0.927. The molecular formula is C26H46O7Si. The molecule has 0 saturated heterocycles. The molecule has 1 N–H and O–H groups in total. The largest absolute Gasteiger partial charge is 0.466 e. The number of carbonyl (C=O) groups excluding carboxylic acids is 3. The van der Waals surface area contributed by atoms with Gasteiger partial charge in [0.2, 0.25) is 0 Å². The lowest BCUT2D eigenvalue weighted by Gasteiger charge is -2.39. The van der Waals surface area contributed by atoms with Gasteiger partial charge in [-0.25, -0.2) is 0 Å². The van der Waals surface area contributed by atoms with Crippen LogP contribution in [0.1, 0.15) is 79.6 Å². The lowest BCUT2D eigenvalue weighted by atomic mass is 9.89. The Hall–Kier alpha value is -1.51. The monoisotopic (exact) mass is 498 g/mol. The zero-order valence-electron chi connectivity index (χ0n) is 22.2. The van der Waals surface area contributed by atoms with Crippen molar-refractivity contribution in [3.05, 3.63) is 12.2 Å². The number of ether oxygens (including phenoxy) is 2. The first-order valence-corrected chi connectivity index (χ1v) is 15.6. The standard InChI is InChI=1S/C26H46O7Si/c1-8-31-24(29)13-11-10-12-19(27)14-15-21-20(16-17-25(30)32-9-2)22(28)18-23(21)33-34(6,7)26(3,4)5/h14-15,19-21,23,27H,8-13,16-18H2,1-7H3/b15-14+/t19-,20+,21-,23-/m1/s1. The molecule has 0 aromatic carbocycles. The molecule has 0 spiro atoms. The van der Waals surface area contributed by atoms with Gasteiger partial charge in [-0.05, 0) is 57.7 Å². The average Bonchev–Trinajstić information content (AvgIpc) is 3.01. The molecule has 1 fully saturated rings. The molecule has 0 radical (unpaired) electrons. The predicted octanol–water partition coefficient (Wildman–Crippen LogP) is 4.97. The van der Waals surface area contributed by atoms with Crippen LogP contribution in [0, 0.1) is 11.8 Å². The number of esters is 2. The Morgan fingerprint density at radius 2 is 1.68 bits per heavy atom. The van der Waals surface area contributed by atoms with Crippen molar-refractivity contribution in [2.45, 2.75) is 110 Å². The van der Waals surface area contributed by atoms with E-state index >= 15 is 0 Å². The first-order chi connectivity index (χ1) is 15.8. The highest BCUT2D eigenvalue weighted by Gasteiger charge is 2.47. The van der Waals surface area contributed by atoms with Crippen LogP contribution in [0.2, 0.25) is 18.1 Å². The predicted molar refractivity (Wildman–Crippen MR) is 135 cm³/mol. The number of carbonyl (C=O) groups is 3. The van der Waals surface area contributed by atoms with Crippen molar-refractivity contribution in [1.29, 1.82) is 0 Å². The first kappa shape index (κ1) is 30.5. The van der Waals surface area contributed by atoms with Gasteiger partial charge in [-0.15, -0.1) is 0 Å². The van der Waals surface area contributed by atoms with Gasteiger partial charge in [0.25, 0.3) is 0 Å². The van der Waals surface area contributed by atoms with E-state index in [1.807, 2.05) is 6.08 Å². The molecule has 34 heavy (non-hydrogen) atoms. The van der Waals surface area contributed by atoms with Gasteiger partial charge in [-0.2, -0.15) is 0 Å². The number of rotatable bonds is 14. The molecule has 1 saturated carbocycles. The summed E-state index contributed by atoms with van der Waals surface area (Å²) >= 11 is 0. The van der Waals surface area contributed by atoms with Crippen LogP contribution in [0.4, 0.5) is 0 Å². The molecule has 0 amide bonds. The molecule has 1 rings (SSSR count). The Morgan fingerprint density at radius 3 is 2.24 bits per heavy atom. The highest BCUT2D eigenvalue weighted by molar-refractivity contribution is 6.74. The van der Waals surface area contributed by atoms with Crippen LogP contribution in [0.25, 0.3) is 0 Å². The highest BCUT2D eigenvalue weighted by Crippen LogP contribution is 2.43. The minimum atomic E-state index is -2.11. The molecule has 0 aliphatic heterocycles. The van der Waals surface area contributed by atoms with E-state index in [-0.39, 0.29) is 47.1 Å². The molecule has 1 aliphatic rings. The van der Waals surface area contributed by atoms with Crippen molar-refractivity contribution in [2.75, 3.05) is 13.2 Å². The Labute approximate surface area is 206 Å². The average molecular weight is 499 g/mol. The van der Waals surface area contributed by atoms with Gasteiger partial charge in [-0.3, -0.25) is 14.4 Å². The third-order valence-electron chi connectivity index (χ3n) is 6.92. The van der Waals surface area contributed by atoms with E-state index in [0.717, 1.165) is 0 Å². The summed E-state index contributed by atoms with van der Waals surface area (Å²) in [6, 6.07) is 0. The third kappa shape index (κ3) is 10.00. The van der Waals surface area contributed by atoms with E-state index in [9.17, 15) is 19.5 Å². The number of hydrogen-bond acceptors (Lipinski definition) is 7. The summed E-state index contributed by atoms with van der Waals surface area (Å²) in [6.45, 7) is 15.1. The summed E-state index contributed by atoms with van der Waals surface area (Å²) in [5, 5.41) is 10.5. The summed E-state index contributed by atoms with van der Waals surface area (Å²) in [6.07, 6.45) is 5.89. The van der Waals surface area contributed by atoms with E-state index in [1.165, 1.54) is 0 Å². The van der Waals surface area contributed by atoms with Crippen LogP contribution < -0.4 is 0 Å². The number of aliphatic hydroxyl groups is 1. The molecule has 0 heterocycles. The number of ketones is 1. The lowest BCUT2D eigenvalue weighted by Crippen LogP contribution is -2.45. The Balaban J connectivity index is 2.86. The van der Waals surface area contributed by atoms with E-state index in [4.69, 9.17) is 13.9 Å². The molecule has 0 aromatic heterocycles. The maximum atomic E-state index is 12.9. The zero-order valence-corrected chi connectivity index (χ0v) is 23.2. The minimum absolute atomic E-state index is 0.00572. The fraction of sp³-hybridized carbons (Fsp3) is 0.808. The van der Waals surface area contributed by atoms with Crippen LogP contribution in [0.3, 0.4) is 0 Å². The highest BCUT2D eigenvalue weighted by atomic mass is 28.4. The molecule has 7 nitrogen and oxygen atoms in total. The van der Waals surface area contributed by atoms with Crippen LogP contribution in [-0.4, -0.2) is 56.6 Å². The maximum Gasteiger partial charge on any atom is 0.305 e. The maximum absolute atomic E-state index is 12.9. The molecule has 4 atom stereocenters. The molecule has 0 bridgehead atoms. The summed E-state index contributed by atoms with van der Waals surface area (Å²) in [4.78, 5) is 36.3. The fourth-order valence-electron chi connectivity index (χ4n) is 3.96. The quantitative estimate of drug-likeness (QED) is 0.156. The van der Waals surface area contributed by atoms with Crippen LogP contribution in [-0.2, 0) is 28.3 Å². The number of aliphatic hydroxyl groups excluding tert-OH is 1. The minimum Gasteiger partial charge on any atom is -0.466 e. The third-order valence-corrected chi connectivity index (χ3v) is 11.4. The topological polar surface area (TPSA) is 99.1 Å². The molecule has 0 aromatic rings. The van der Waals surface area contributed by atoms with Gasteiger partial charge in [0.1, 0.15) is 5.78 Å². The van der Waals surface area contributed by atoms with E-state index in [2.05, 4.69) is 33.9 Å². The summed E-state index contributed by atoms with van der Waals surface area (Å²) in [7, 11) is -2.11. The normalized spacial score (nSPS) is 22.2. The van der Waals surface area contributed by atoms with Gasteiger partial charge in [-0.1, -0.05) is 32.9 Å². The van der Waals surface area contributed by atoms with Crippen LogP contribution in [0.15, 0.2) is 12.2 Å². The fourth-order valence-corrected chi connectivity index (χ4v) is 5.31. The van der Waals surface area contributed by atoms with Gasteiger partial charge < -0.3 is 19.0 Å². The molecule has 1 aliphatic carbocycles. The van der Waals surface area contributed by atoms with Crippen molar-refractivity contribution < 1.29 is 33.4 Å². The Bertz CT molecular complexity index is 696. The second kappa shape index (κ2) is 14.1. The smallest absolute Gasteiger partial charge is 0.305 e. The van der Waals surface area contributed by atoms with Crippen molar-refractivity contribution in [3.63, 3.8) is 0 Å². The Kier molecular flexibility index (Phi) is 12.7. The van der Waals surface area contributed by atoms with Crippen molar-refractivity contribution >= 4 is 26.0 Å². The van der Waals surface area contributed by atoms with Gasteiger partial charge in [0.15, 0.2) is 8.32 Å². The summed E-state index contributed by atoms with van der Waals surface area (Å²) < 4.78 is 16.6. The number of hydrogen-bond donors (Lipinski definition) is 1. The van der Waals surface area contributed by atoms with Crippen LogP contribution >= 0.6 is 0 Å². The molecule has 8 heteroatoms. The van der Waals surface area contributed by atoms with Crippen molar-refractivity contribution in [1.82, 2.24) is 0 Å². The Morgan fingerprint density at radius 1 is 1.09 bits per heavy atom. The van der Waals surface area contributed by atoms with Gasteiger partial charge >= 0.3 is 11.9 Å². The zero-order chi connectivity index (χ0) is 25.9. The molecule has 196 valence electrons. The van der Waals surface area contributed by atoms with Gasteiger partial charge in [0.05, 0.1) is 25.4 Å². The number of Topliss-reactive ketones (excluding diaryl/α,β-unsaturated/α-hetero) is 1. The number of unbranched alkanes of at least 4 members (excludes halogenated alkanes) is 1. The van der Waals surface area contributed by atoms with Crippen molar-refractivity contribution in [3.8, 4) is 0 Å². The first-order valence-electron chi connectivity index (χ1n) is 12.7. The molecular weight excluding hydrogens is 452 g/mol. The van der Waals surface area contributed by atoms with Gasteiger partial charge in [0, 0.05) is 31.1 Å². The molecule has 0 unspecified atom stereocenters. The van der Waals surface area contributed by atoms with E-state index < -0.39 is 14.4 Å².